The van der Waals surface area contributed by atoms with Crippen LogP contribution in [0.4, 0.5) is 4.39 Å². The summed E-state index contributed by atoms with van der Waals surface area (Å²) >= 11 is 1.43. The normalized spacial score (nSPS) is 10.9. The Labute approximate surface area is 165 Å². The van der Waals surface area contributed by atoms with Crippen LogP contribution < -0.4 is 10.3 Å². The quantitative estimate of drug-likeness (QED) is 0.361. The number of rotatable bonds is 5. The second kappa shape index (κ2) is 7.86. The summed E-state index contributed by atoms with van der Waals surface area (Å²) in [7, 11) is 1.63. The Bertz CT molecular complexity index is 1190. The second-order valence-corrected chi connectivity index (χ2v) is 7.11. The number of methoxy groups -OCH3 is 1. The van der Waals surface area contributed by atoms with Crippen LogP contribution in [0.1, 0.15) is 5.56 Å². The Balaban J connectivity index is 1.79. The summed E-state index contributed by atoms with van der Waals surface area (Å²) in [5, 5.41) is 1.02. The fourth-order valence-electron chi connectivity index (χ4n) is 2.92. The second-order valence-electron chi connectivity index (χ2n) is 6.17. The van der Waals surface area contributed by atoms with Crippen molar-refractivity contribution in [1.82, 2.24) is 9.55 Å². The van der Waals surface area contributed by atoms with Gasteiger partial charge in [0, 0.05) is 5.75 Å². The number of halogens is 1. The Morgan fingerprint density at radius 1 is 1.04 bits per heavy atom. The molecule has 0 amide bonds. The predicted octanol–water partition coefficient (Wildman–Crippen LogP) is 4.83. The molecule has 0 fully saturated rings. The summed E-state index contributed by atoms with van der Waals surface area (Å²) < 4.78 is 20.5. The fraction of sp³-hybridized carbons (Fsp3) is 0.0909. The number of fused-ring (bicyclic) bond motifs is 1. The molecule has 28 heavy (non-hydrogen) atoms. The van der Waals surface area contributed by atoms with Crippen molar-refractivity contribution in [2.45, 2.75) is 10.9 Å². The van der Waals surface area contributed by atoms with Gasteiger partial charge in [-0.05, 0) is 48.0 Å². The molecule has 4 nitrogen and oxygen atoms in total. The molecule has 0 saturated heterocycles. The Morgan fingerprint density at radius 3 is 2.57 bits per heavy atom. The summed E-state index contributed by atoms with van der Waals surface area (Å²) in [6.07, 6.45) is 0. The average molecular weight is 392 g/mol. The lowest BCUT2D eigenvalue weighted by Gasteiger charge is -2.13. The van der Waals surface area contributed by atoms with E-state index in [0.717, 1.165) is 11.3 Å². The molecule has 0 unspecified atom stereocenters. The molecule has 0 aliphatic heterocycles. The minimum Gasteiger partial charge on any atom is -0.497 e. The van der Waals surface area contributed by atoms with E-state index in [-0.39, 0.29) is 5.56 Å². The van der Waals surface area contributed by atoms with Gasteiger partial charge in [0.2, 0.25) is 0 Å². The zero-order chi connectivity index (χ0) is 19.5. The highest BCUT2D eigenvalue weighted by molar-refractivity contribution is 7.98. The molecule has 0 N–H and O–H groups in total. The van der Waals surface area contributed by atoms with Gasteiger partial charge in [-0.2, -0.15) is 0 Å². The Kier molecular flexibility index (Phi) is 5.12. The number of benzene rings is 3. The third-order valence-corrected chi connectivity index (χ3v) is 5.35. The van der Waals surface area contributed by atoms with Crippen LogP contribution in [0, 0.1) is 5.82 Å². The standard InChI is InChI=1S/C22H17FN2O2S/c1-27-18-11-9-15(10-12-18)14-28-22-24-20-8-3-2-7-19(20)21(26)25(22)17-6-4-5-16(23)13-17/h2-13H,14H2,1H3. The number of para-hydroxylation sites is 1. The van der Waals surface area contributed by atoms with E-state index in [4.69, 9.17) is 4.74 Å². The number of nitrogens with zero attached hydrogens (tertiary/aromatic N) is 2. The molecular weight excluding hydrogens is 375 g/mol. The molecule has 6 heteroatoms. The maximum Gasteiger partial charge on any atom is 0.266 e. The molecule has 4 aromatic rings. The van der Waals surface area contributed by atoms with E-state index < -0.39 is 5.82 Å². The molecule has 3 aromatic carbocycles. The lowest BCUT2D eigenvalue weighted by Crippen LogP contribution is -2.21. The summed E-state index contributed by atoms with van der Waals surface area (Å²) in [4.78, 5) is 17.8. The van der Waals surface area contributed by atoms with Crippen molar-refractivity contribution in [2.75, 3.05) is 7.11 Å². The monoisotopic (exact) mass is 392 g/mol. The average Bonchev–Trinajstić information content (AvgIpc) is 2.73. The van der Waals surface area contributed by atoms with Gasteiger partial charge >= 0.3 is 0 Å². The Hall–Kier alpha value is -3.12. The maximum absolute atomic E-state index is 13.8. The molecule has 4 rings (SSSR count). The third-order valence-electron chi connectivity index (χ3n) is 4.34. The lowest BCUT2D eigenvalue weighted by molar-refractivity contribution is 0.414. The molecule has 0 aliphatic carbocycles. The van der Waals surface area contributed by atoms with E-state index >= 15 is 0 Å². The maximum atomic E-state index is 13.8. The topological polar surface area (TPSA) is 44.1 Å². The van der Waals surface area contributed by atoms with Crippen molar-refractivity contribution >= 4 is 22.7 Å². The van der Waals surface area contributed by atoms with Gasteiger partial charge in [0.15, 0.2) is 5.16 Å². The van der Waals surface area contributed by atoms with Gasteiger partial charge in [0.25, 0.3) is 5.56 Å². The largest absolute Gasteiger partial charge is 0.497 e. The number of thioether (sulfide) groups is 1. The van der Waals surface area contributed by atoms with Crippen molar-refractivity contribution in [2.24, 2.45) is 0 Å². The van der Waals surface area contributed by atoms with Crippen molar-refractivity contribution in [3.63, 3.8) is 0 Å². The number of aromatic nitrogens is 2. The molecule has 1 heterocycles. The van der Waals surface area contributed by atoms with Gasteiger partial charge in [0.05, 0.1) is 23.7 Å². The van der Waals surface area contributed by atoms with E-state index in [2.05, 4.69) is 4.98 Å². The summed E-state index contributed by atoms with van der Waals surface area (Å²) in [5.41, 5.74) is 1.94. The predicted molar refractivity (Wildman–Crippen MR) is 110 cm³/mol. The van der Waals surface area contributed by atoms with E-state index in [1.165, 1.54) is 28.5 Å². The summed E-state index contributed by atoms with van der Waals surface area (Å²) in [6.45, 7) is 0. The zero-order valence-corrected chi connectivity index (χ0v) is 15.9. The van der Waals surface area contributed by atoms with Crippen molar-refractivity contribution < 1.29 is 9.13 Å². The summed E-state index contributed by atoms with van der Waals surface area (Å²) in [6, 6.07) is 20.9. The lowest BCUT2D eigenvalue weighted by atomic mass is 10.2. The Morgan fingerprint density at radius 2 is 1.82 bits per heavy atom. The van der Waals surface area contributed by atoms with E-state index in [0.29, 0.717) is 27.5 Å². The molecule has 0 spiro atoms. The van der Waals surface area contributed by atoms with Crippen LogP contribution in [0.5, 0.6) is 5.75 Å². The SMILES string of the molecule is COc1ccc(CSc2nc3ccccc3c(=O)n2-c2cccc(F)c2)cc1. The van der Waals surface area contributed by atoms with E-state index in [9.17, 15) is 9.18 Å². The summed E-state index contributed by atoms with van der Waals surface area (Å²) in [5.74, 6) is 1.00. The zero-order valence-electron chi connectivity index (χ0n) is 15.1. The number of hydrogen-bond donors (Lipinski definition) is 0. The van der Waals surface area contributed by atoms with Crippen LogP contribution >= 0.6 is 11.8 Å². The van der Waals surface area contributed by atoms with Gasteiger partial charge < -0.3 is 4.74 Å². The van der Waals surface area contributed by atoms with Crippen molar-refractivity contribution in [3.8, 4) is 11.4 Å². The first-order valence-electron chi connectivity index (χ1n) is 8.69. The molecule has 0 radical (unpaired) electrons. The van der Waals surface area contributed by atoms with Crippen LogP contribution in [0.3, 0.4) is 0 Å². The van der Waals surface area contributed by atoms with Gasteiger partial charge in [-0.3, -0.25) is 9.36 Å². The van der Waals surface area contributed by atoms with Crippen molar-refractivity contribution in [1.29, 1.82) is 0 Å². The van der Waals surface area contributed by atoms with Crippen molar-refractivity contribution in [3.05, 3.63) is 94.5 Å². The molecule has 0 bridgehead atoms. The highest BCUT2D eigenvalue weighted by atomic mass is 32.2. The van der Waals surface area contributed by atoms with Crippen LogP contribution in [-0.2, 0) is 5.75 Å². The molecule has 0 aliphatic rings. The smallest absolute Gasteiger partial charge is 0.266 e. The van der Waals surface area contributed by atoms with Crippen LogP contribution in [0.25, 0.3) is 16.6 Å². The fourth-order valence-corrected chi connectivity index (χ4v) is 3.89. The van der Waals surface area contributed by atoms with Gasteiger partial charge in [-0.1, -0.05) is 42.1 Å². The molecule has 1 aromatic heterocycles. The third kappa shape index (κ3) is 3.64. The van der Waals surface area contributed by atoms with Crippen LogP contribution in [0.15, 0.2) is 82.7 Å². The highest BCUT2D eigenvalue weighted by Gasteiger charge is 2.14. The minimum absolute atomic E-state index is 0.214. The first-order valence-corrected chi connectivity index (χ1v) is 9.68. The number of ether oxygens (including phenoxy) is 1. The van der Waals surface area contributed by atoms with Gasteiger partial charge in [-0.25, -0.2) is 9.37 Å². The first kappa shape index (κ1) is 18.3. The molecular formula is C22H17FN2O2S. The highest BCUT2D eigenvalue weighted by Crippen LogP contribution is 2.25. The molecule has 0 saturated carbocycles. The molecule has 0 atom stereocenters. The first-order chi connectivity index (χ1) is 13.7. The number of hydrogen-bond acceptors (Lipinski definition) is 4. The minimum atomic E-state index is -0.399. The van der Waals surface area contributed by atoms with Gasteiger partial charge in [-0.15, -0.1) is 0 Å². The van der Waals surface area contributed by atoms with Crippen LogP contribution in [-0.4, -0.2) is 16.7 Å². The van der Waals surface area contributed by atoms with Gasteiger partial charge in [0.1, 0.15) is 11.6 Å². The molecule has 140 valence electrons. The van der Waals surface area contributed by atoms with Crippen LogP contribution in [0.2, 0.25) is 0 Å². The van der Waals surface area contributed by atoms with E-state index in [1.54, 1.807) is 31.4 Å². The van der Waals surface area contributed by atoms with E-state index in [1.807, 2.05) is 36.4 Å².